The molecule has 50 valence electrons. The van der Waals surface area contributed by atoms with Crippen LogP contribution in [0, 0.1) is 0 Å². The molecule has 0 aromatic carbocycles. The van der Waals surface area contributed by atoms with Crippen molar-refractivity contribution in [2.75, 3.05) is 0 Å². The molecule has 0 fully saturated rings. The van der Waals surface area contributed by atoms with Crippen LogP contribution in [0.25, 0.3) is 0 Å². The van der Waals surface area contributed by atoms with E-state index in [0.717, 1.165) is 0 Å². The summed E-state index contributed by atoms with van der Waals surface area (Å²) in [6.07, 6.45) is 1.59. The van der Waals surface area contributed by atoms with Crippen LogP contribution in [0.1, 0.15) is 10.5 Å². The van der Waals surface area contributed by atoms with Crippen molar-refractivity contribution < 1.29 is 9.90 Å². The summed E-state index contributed by atoms with van der Waals surface area (Å²) in [7, 11) is 1.67. The molecule has 1 aromatic heterocycles. The van der Waals surface area contributed by atoms with Crippen LogP contribution in [0.5, 0.6) is 0 Å². The second-order valence-corrected chi connectivity index (χ2v) is 1.68. The first kappa shape index (κ1) is 9.28. The van der Waals surface area contributed by atoms with Gasteiger partial charge >= 0.3 is 24.8 Å². The number of aryl methyl sites for hydroxylation is 1. The summed E-state index contributed by atoms with van der Waals surface area (Å²) in [6, 6.07) is 1.45. The molecule has 1 rings (SSSR count). The van der Waals surface area contributed by atoms with Crippen LogP contribution in [0.15, 0.2) is 12.3 Å². The molecule has 0 unspecified atom stereocenters. The molecule has 0 aliphatic heterocycles. The second kappa shape index (κ2) is 3.45. The molecule has 5 heteroatoms. The molecule has 4 nitrogen and oxygen atoms in total. The quantitative estimate of drug-likeness (QED) is 0.525. The van der Waals surface area contributed by atoms with Crippen molar-refractivity contribution in [2.45, 2.75) is 0 Å². The van der Waals surface area contributed by atoms with Gasteiger partial charge in [-0.05, 0) is 6.07 Å². The van der Waals surface area contributed by atoms with Crippen LogP contribution >= 0.6 is 0 Å². The predicted molar refractivity (Wildman–Crippen MR) is 37.3 cm³/mol. The van der Waals surface area contributed by atoms with E-state index in [4.69, 9.17) is 5.11 Å². The Hall–Kier alpha value is -0.723. The topological polar surface area (TPSA) is 55.1 Å². The van der Waals surface area contributed by atoms with Crippen LogP contribution in [0.3, 0.4) is 0 Å². The summed E-state index contributed by atoms with van der Waals surface area (Å²) in [4.78, 5) is 10.1. The van der Waals surface area contributed by atoms with Gasteiger partial charge in [-0.25, -0.2) is 4.79 Å². The number of rotatable bonds is 1. The summed E-state index contributed by atoms with van der Waals surface area (Å²) in [5, 5.41) is 11.9. The minimum atomic E-state index is -0.990. The van der Waals surface area contributed by atoms with Crippen LogP contribution in [-0.4, -0.2) is 39.7 Å². The Labute approximate surface area is 70.0 Å². The van der Waals surface area contributed by atoms with Crippen molar-refractivity contribution in [3.8, 4) is 0 Å². The zero-order valence-corrected chi connectivity index (χ0v) is 4.90. The fraction of sp³-hybridized carbons (Fsp3) is 0.200. The molecular weight excluding hydrogens is 127 g/mol. The summed E-state index contributed by atoms with van der Waals surface area (Å²) < 4.78 is 1.45. The summed E-state index contributed by atoms with van der Waals surface area (Å²) >= 11 is 0. The molecule has 0 aliphatic rings. The Bertz CT molecular complexity index is 233. The standard InChI is InChI=1S/C5H6N2O2.Li.H/c1-7-3-2-4(6-7)5(8)9;;/h2-3H,1H3,(H,8,9);;. The van der Waals surface area contributed by atoms with Crippen molar-refractivity contribution in [1.82, 2.24) is 9.78 Å². The Kier molecular flexibility index (Phi) is 3.20. The number of carboxylic acid groups (broad SMARTS) is 1. The third-order valence-corrected chi connectivity index (χ3v) is 0.933. The van der Waals surface area contributed by atoms with E-state index in [9.17, 15) is 4.79 Å². The van der Waals surface area contributed by atoms with Gasteiger partial charge in [0.05, 0.1) is 0 Å². The molecule has 1 aromatic rings. The van der Waals surface area contributed by atoms with E-state index in [-0.39, 0.29) is 24.6 Å². The molecule has 1 heterocycles. The van der Waals surface area contributed by atoms with Gasteiger partial charge in [0.1, 0.15) is 0 Å². The van der Waals surface area contributed by atoms with Gasteiger partial charge in [0, 0.05) is 13.2 Å². The first-order valence-corrected chi connectivity index (χ1v) is 2.43. The van der Waals surface area contributed by atoms with Gasteiger partial charge in [0.25, 0.3) is 0 Å². The van der Waals surface area contributed by atoms with E-state index in [1.54, 1.807) is 13.2 Å². The van der Waals surface area contributed by atoms with E-state index < -0.39 is 5.97 Å². The van der Waals surface area contributed by atoms with E-state index in [1.807, 2.05) is 0 Å². The van der Waals surface area contributed by atoms with Crippen molar-refractivity contribution >= 4 is 24.8 Å². The van der Waals surface area contributed by atoms with E-state index >= 15 is 0 Å². The van der Waals surface area contributed by atoms with E-state index in [2.05, 4.69) is 5.10 Å². The van der Waals surface area contributed by atoms with Gasteiger partial charge in [0.15, 0.2) is 5.69 Å². The zero-order chi connectivity index (χ0) is 6.85. The molecule has 0 radical (unpaired) electrons. The molecule has 1 N–H and O–H groups in total. The Balaban J connectivity index is 0.000000810. The van der Waals surface area contributed by atoms with Gasteiger partial charge in [0.2, 0.25) is 0 Å². The maximum absolute atomic E-state index is 10.1. The molecular formula is C5H7LiN2O2. The van der Waals surface area contributed by atoms with Crippen molar-refractivity contribution in [3.63, 3.8) is 0 Å². The molecule has 0 saturated heterocycles. The van der Waals surface area contributed by atoms with Crippen molar-refractivity contribution in [1.29, 1.82) is 0 Å². The van der Waals surface area contributed by atoms with Crippen LogP contribution < -0.4 is 0 Å². The van der Waals surface area contributed by atoms with Gasteiger partial charge in [-0.15, -0.1) is 0 Å². The maximum atomic E-state index is 10.1. The first-order chi connectivity index (χ1) is 4.20. The Morgan fingerprint density at radius 1 is 1.80 bits per heavy atom. The van der Waals surface area contributed by atoms with Crippen LogP contribution in [0.4, 0.5) is 0 Å². The zero-order valence-electron chi connectivity index (χ0n) is 4.90. The molecule has 0 aliphatic carbocycles. The summed E-state index contributed by atoms with van der Waals surface area (Å²) in [5.41, 5.74) is 0.0810. The second-order valence-electron chi connectivity index (χ2n) is 1.68. The molecule has 0 bridgehead atoms. The number of hydrogen-bond acceptors (Lipinski definition) is 2. The van der Waals surface area contributed by atoms with Gasteiger partial charge in [-0.3, -0.25) is 4.68 Å². The Morgan fingerprint density at radius 2 is 2.40 bits per heavy atom. The molecule has 0 amide bonds. The average Bonchev–Trinajstić information content (AvgIpc) is 2.14. The molecule has 10 heavy (non-hydrogen) atoms. The van der Waals surface area contributed by atoms with Crippen LogP contribution in [0.2, 0.25) is 0 Å². The minimum absolute atomic E-state index is 0. The monoisotopic (exact) mass is 134 g/mol. The van der Waals surface area contributed by atoms with E-state index in [1.165, 1.54) is 10.7 Å². The number of nitrogens with zero attached hydrogens (tertiary/aromatic N) is 2. The van der Waals surface area contributed by atoms with Crippen molar-refractivity contribution in [3.05, 3.63) is 18.0 Å². The first-order valence-electron chi connectivity index (χ1n) is 2.43. The Morgan fingerprint density at radius 3 is 2.60 bits per heavy atom. The number of carboxylic acids is 1. The molecule has 0 spiro atoms. The van der Waals surface area contributed by atoms with Gasteiger partial charge in [-0.1, -0.05) is 0 Å². The third-order valence-electron chi connectivity index (χ3n) is 0.933. The number of carbonyl (C=O) groups is 1. The SMILES string of the molecule is Cn1ccc(C(=O)O)n1.[LiH]. The summed E-state index contributed by atoms with van der Waals surface area (Å²) in [6.45, 7) is 0. The average molecular weight is 134 g/mol. The van der Waals surface area contributed by atoms with Crippen molar-refractivity contribution in [2.24, 2.45) is 7.05 Å². The van der Waals surface area contributed by atoms with Crippen LogP contribution in [-0.2, 0) is 7.05 Å². The molecule has 0 atom stereocenters. The number of aromatic carboxylic acids is 1. The van der Waals surface area contributed by atoms with Gasteiger partial charge in [-0.2, -0.15) is 5.10 Å². The molecule has 0 saturated carbocycles. The fourth-order valence-corrected chi connectivity index (χ4v) is 0.529. The van der Waals surface area contributed by atoms with Gasteiger partial charge < -0.3 is 5.11 Å². The summed E-state index contributed by atoms with van der Waals surface area (Å²) in [5.74, 6) is -0.990. The number of aromatic nitrogens is 2. The fourth-order valence-electron chi connectivity index (χ4n) is 0.529. The predicted octanol–water partition coefficient (Wildman–Crippen LogP) is -0.530. The van der Waals surface area contributed by atoms with E-state index in [0.29, 0.717) is 0 Å². The normalized spacial score (nSPS) is 8.50. The number of hydrogen-bond donors (Lipinski definition) is 1. The third kappa shape index (κ3) is 1.90.